The molecule has 0 saturated carbocycles. The molecule has 0 saturated heterocycles. The van der Waals surface area contributed by atoms with Crippen LogP contribution in [0, 0.1) is 13.8 Å². The summed E-state index contributed by atoms with van der Waals surface area (Å²) in [4.78, 5) is 32.6. The van der Waals surface area contributed by atoms with E-state index in [-0.39, 0.29) is 12.2 Å². The number of aromatic nitrogens is 2. The Kier molecular flexibility index (Phi) is 7.15. The monoisotopic (exact) mass is 471 g/mol. The molecule has 0 amide bonds. The highest BCUT2D eigenvalue weighted by molar-refractivity contribution is 6.11. The van der Waals surface area contributed by atoms with E-state index in [1.807, 2.05) is 62.4 Å². The standard InChI is InChI=1S/C28H29N3O4/c1-17-14-18(2)29-15-21(17)26(27(34)22-16-30-23-11-5-4-10-20(22)23)31-24-12-6-8-19(28(24)35-3)9-7-13-25(32)33/h4-6,8,10-12,14-16,26,30-31H,7,9,13H2,1-3H3,(H,32,33). The maximum Gasteiger partial charge on any atom is 0.303 e. The number of rotatable bonds is 10. The van der Waals surface area contributed by atoms with E-state index in [9.17, 15) is 9.59 Å². The van der Waals surface area contributed by atoms with E-state index in [4.69, 9.17) is 9.84 Å². The van der Waals surface area contributed by atoms with Crippen LogP contribution in [0.15, 0.2) is 60.9 Å². The van der Waals surface area contributed by atoms with Gasteiger partial charge >= 0.3 is 5.97 Å². The van der Waals surface area contributed by atoms with Gasteiger partial charge in [0.1, 0.15) is 11.8 Å². The van der Waals surface area contributed by atoms with Crippen molar-refractivity contribution in [1.82, 2.24) is 9.97 Å². The van der Waals surface area contributed by atoms with Crippen LogP contribution in [0.2, 0.25) is 0 Å². The summed E-state index contributed by atoms with van der Waals surface area (Å²) >= 11 is 0. The molecule has 0 aliphatic heterocycles. The van der Waals surface area contributed by atoms with Crippen LogP contribution in [-0.4, -0.2) is 33.9 Å². The van der Waals surface area contributed by atoms with Gasteiger partial charge in [-0.3, -0.25) is 14.6 Å². The molecule has 180 valence electrons. The van der Waals surface area contributed by atoms with E-state index in [0.29, 0.717) is 29.8 Å². The molecule has 2 aromatic heterocycles. The van der Waals surface area contributed by atoms with Gasteiger partial charge in [0.05, 0.1) is 12.8 Å². The van der Waals surface area contributed by atoms with Crippen molar-refractivity contribution in [3.63, 3.8) is 0 Å². The number of carbonyl (C=O) groups excluding carboxylic acids is 1. The molecule has 0 radical (unpaired) electrons. The number of pyridine rings is 1. The predicted molar refractivity (Wildman–Crippen MR) is 136 cm³/mol. The molecule has 0 fully saturated rings. The number of aromatic amines is 1. The molecule has 3 N–H and O–H groups in total. The molecule has 0 bridgehead atoms. The lowest BCUT2D eigenvalue weighted by Gasteiger charge is -2.23. The number of aryl methyl sites for hydroxylation is 3. The first-order valence-corrected chi connectivity index (χ1v) is 11.6. The van der Waals surface area contributed by atoms with Gasteiger partial charge in [0, 0.05) is 46.5 Å². The first-order chi connectivity index (χ1) is 16.9. The summed E-state index contributed by atoms with van der Waals surface area (Å²) < 4.78 is 5.72. The van der Waals surface area contributed by atoms with E-state index in [1.54, 1.807) is 19.5 Å². The summed E-state index contributed by atoms with van der Waals surface area (Å²) in [6.45, 7) is 3.89. The number of carboxylic acid groups (broad SMARTS) is 1. The highest BCUT2D eigenvalue weighted by Crippen LogP contribution is 2.35. The Labute approximate surface area is 204 Å². The van der Waals surface area contributed by atoms with Gasteiger partial charge in [-0.2, -0.15) is 0 Å². The van der Waals surface area contributed by atoms with Crippen molar-refractivity contribution in [2.45, 2.75) is 39.2 Å². The lowest BCUT2D eigenvalue weighted by molar-refractivity contribution is -0.137. The van der Waals surface area contributed by atoms with E-state index >= 15 is 0 Å². The molecule has 1 unspecified atom stereocenters. The van der Waals surface area contributed by atoms with Gasteiger partial charge in [0.2, 0.25) is 0 Å². The molecule has 4 aromatic rings. The minimum absolute atomic E-state index is 0.0801. The molecule has 0 aliphatic carbocycles. The number of Topliss-reactive ketones (excluding diaryl/α,β-unsaturated/α-hetero) is 1. The fraction of sp³-hybridized carbons (Fsp3) is 0.250. The van der Waals surface area contributed by atoms with Crippen molar-refractivity contribution in [3.8, 4) is 5.75 Å². The summed E-state index contributed by atoms with van der Waals surface area (Å²) in [7, 11) is 1.58. The molecule has 2 heterocycles. The number of carbonyl (C=O) groups is 2. The number of para-hydroxylation sites is 2. The van der Waals surface area contributed by atoms with Crippen molar-refractivity contribution in [3.05, 3.63) is 88.9 Å². The maximum absolute atomic E-state index is 14.0. The topological polar surface area (TPSA) is 104 Å². The van der Waals surface area contributed by atoms with Crippen LogP contribution < -0.4 is 10.1 Å². The Balaban J connectivity index is 1.75. The number of fused-ring (bicyclic) bond motifs is 1. The third kappa shape index (κ3) is 5.19. The summed E-state index contributed by atoms with van der Waals surface area (Å²) in [6, 6.07) is 14.6. The molecule has 7 heteroatoms. The average Bonchev–Trinajstić information content (AvgIpc) is 3.27. The quantitative estimate of drug-likeness (QED) is 0.259. The number of ether oxygens (including phenoxy) is 1. The maximum atomic E-state index is 14.0. The summed E-state index contributed by atoms with van der Waals surface area (Å²) in [6.07, 6.45) is 4.62. The van der Waals surface area contributed by atoms with Crippen LogP contribution in [0.4, 0.5) is 5.69 Å². The number of methoxy groups -OCH3 is 1. The minimum atomic E-state index is -0.829. The zero-order chi connectivity index (χ0) is 24.9. The Morgan fingerprint density at radius 1 is 1.14 bits per heavy atom. The zero-order valence-corrected chi connectivity index (χ0v) is 20.1. The van der Waals surface area contributed by atoms with Gasteiger partial charge in [-0.05, 0) is 56.0 Å². The van der Waals surface area contributed by atoms with Crippen molar-refractivity contribution in [2.24, 2.45) is 0 Å². The minimum Gasteiger partial charge on any atom is -0.494 e. The van der Waals surface area contributed by atoms with Crippen LogP contribution in [-0.2, 0) is 11.2 Å². The predicted octanol–water partition coefficient (Wildman–Crippen LogP) is 5.63. The van der Waals surface area contributed by atoms with Crippen LogP contribution in [0.1, 0.15) is 51.6 Å². The lowest BCUT2D eigenvalue weighted by Crippen LogP contribution is -2.23. The van der Waals surface area contributed by atoms with E-state index < -0.39 is 12.0 Å². The van der Waals surface area contributed by atoms with Gasteiger partial charge in [0.15, 0.2) is 5.78 Å². The molecular weight excluding hydrogens is 442 g/mol. The fourth-order valence-electron chi connectivity index (χ4n) is 4.45. The van der Waals surface area contributed by atoms with Crippen LogP contribution in [0.3, 0.4) is 0 Å². The third-order valence-corrected chi connectivity index (χ3v) is 6.15. The number of nitrogens with one attached hydrogen (secondary N) is 2. The Bertz CT molecular complexity index is 1380. The Morgan fingerprint density at radius 2 is 1.94 bits per heavy atom. The number of aliphatic carboxylic acids is 1. The second kappa shape index (κ2) is 10.4. The fourth-order valence-corrected chi connectivity index (χ4v) is 4.45. The number of hydrogen-bond donors (Lipinski definition) is 3. The summed E-state index contributed by atoms with van der Waals surface area (Å²) in [5.41, 5.74) is 5.65. The third-order valence-electron chi connectivity index (χ3n) is 6.15. The highest BCUT2D eigenvalue weighted by atomic mass is 16.5. The number of carboxylic acids is 1. The van der Waals surface area contributed by atoms with Gasteiger partial charge in [-0.1, -0.05) is 30.3 Å². The van der Waals surface area contributed by atoms with Gasteiger partial charge < -0.3 is 20.1 Å². The SMILES string of the molecule is COc1c(CCCC(=O)O)cccc1NC(C(=O)c1c[nH]c2ccccc12)c1cnc(C)cc1C. The molecule has 0 spiro atoms. The molecule has 0 aliphatic rings. The number of anilines is 1. The smallest absolute Gasteiger partial charge is 0.303 e. The second-order valence-corrected chi connectivity index (χ2v) is 8.62. The van der Waals surface area contributed by atoms with Crippen molar-refractivity contribution < 1.29 is 19.4 Å². The Morgan fingerprint density at radius 3 is 2.69 bits per heavy atom. The molecule has 2 aromatic carbocycles. The van der Waals surface area contributed by atoms with Crippen LogP contribution >= 0.6 is 0 Å². The first kappa shape index (κ1) is 24.0. The first-order valence-electron chi connectivity index (χ1n) is 11.6. The van der Waals surface area contributed by atoms with Crippen molar-refractivity contribution in [1.29, 1.82) is 0 Å². The normalized spacial score (nSPS) is 11.9. The van der Waals surface area contributed by atoms with Crippen LogP contribution in [0.5, 0.6) is 5.75 Å². The van der Waals surface area contributed by atoms with Gasteiger partial charge in [-0.25, -0.2) is 0 Å². The van der Waals surface area contributed by atoms with E-state index in [2.05, 4.69) is 15.3 Å². The number of benzene rings is 2. The molecule has 35 heavy (non-hydrogen) atoms. The van der Waals surface area contributed by atoms with Crippen molar-refractivity contribution >= 4 is 28.3 Å². The molecule has 1 atom stereocenters. The zero-order valence-electron chi connectivity index (χ0n) is 20.1. The molecular formula is C28H29N3O4. The number of ketones is 1. The summed E-state index contributed by atoms with van der Waals surface area (Å²) in [5.74, 6) is -0.313. The largest absolute Gasteiger partial charge is 0.494 e. The van der Waals surface area contributed by atoms with Crippen molar-refractivity contribution in [2.75, 3.05) is 12.4 Å². The second-order valence-electron chi connectivity index (χ2n) is 8.62. The van der Waals surface area contributed by atoms with Gasteiger partial charge in [-0.15, -0.1) is 0 Å². The average molecular weight is 472 g/mol. The highest BCUT2D eigenvalue weighted by Gasteiger charge is 2.27. The number of nitrogens with zero attached hydrogens (tertiary/aromatic N) is 1. The summed E-state index contributed by atoms with van der Waals surface area (Å²) in [5, 5.41) is 13.3. The number of H-pyrrole nitrogens is 1. The molecule has 7 nitrogen and oxygen atoms in total. The van der Waals surface area contributed by atoms with Crippen LogP contribution in [0.25, 0.3) is 10.9 Å². The van der Waals surface area contributed by atoms with Gasteiger partial charge in [0.25, 0.3) is 0 Å². The number of hydrogen-bond acceptors (Lipinski definition) is 5. The lowest BCUT2D eigenvalue weighted by atomic mass is 9.94. The van der Waals surface area contributed by atoms with E-state index in [0.717, 1.165) is 33.3 Å². The Hall–Kier alpha value is -4.13. The molecule has 4 rings (SSSR count). The van der Waals surface area contributed by atoms with E-state index in [1.165, 1.54) is 0 Å².